The lowest BCUT2D eigenvalue weighted by atomic mass is 9.93. The second kappa shape index (κ2) is 7.21. The Kier molecular flexibility index (Phi) is 4.38. The molecular formula is C20H20N6O4. The fourth-order valence-electron chi connectivity index (χ4n) is 3.87. The zero-order valence-corrected chi connectivity index (χ0v) is 16.1. The summed E-state index contributed by atoms with van der Waals surface area (Å²) >= 11 is 0. The Labute approximate surface area is 171 Å². The van der Waals surface area contributed by atoms with Crippen LogP contribution in [0.1, 0.15) is 45.4 Å². The van der Waals surface area contributed by atoms with Crippen LogP contribution in [0.25, 0.3) is 11.3 Å². The van der Waals surface area contributed by atoms with Crippen molar-refractivity contribution in [3.63, 3.8) is 0 Å². The van der Waals surface area contributed by atoms with Crippen molar-refractivity contribution >= 4 is 11.8 Å². The smallest absolute Gasteiger partial charge is 0.271 e. The van der Waals surface area contributed by atoms with Crippen LogP contribution in [0, 0.1) is 0 Å². The molecule has 2 aromatic heterocycles. The Morgan fingerprint density at radius 2 is 1.83 bits per heavy atom. The normalized spacial score (nSPS) is 16.1. The van der Waals surface area contributed by atoms with Gasteiger partial charge in [0.15, 0.2) is 11.5 Å². The summed E-state index contributed by atoms with van der Waals surface area (Å²) in [5.74, 6) is 0.941. The highest BCUT2D eigenvalue weighted by atomic mass is 16.7. The minimum atomic E-state index is -0.553. The van der Waals surface area contributed by atoms with Crippen molar-refractivity contribution in [2.45, 2.75) is 18.8 Å². The van der Waals surface area contributed by atoms with E-state index in [0.717, 1.165) is 24.1 Å². The number of carbonyl (C=O) groups is 2. The zero-order valence-electron chi connectivity index (χ0n) is 16.1. The molecule has 10 heteroatoms. The van der Waals surface area contributed by atoms with E-state index >= 15 is 0 Å². The number of likely N-dealkylation sites (tertiary alicyclic amines) is 1. The molecule has 2 aliphatic heterocycles. The van der Waals surface area contributed by atoms with Gasteiger partial charge in [-0.05, 0) is 43.2 Å². The van der Waals surface area contributed by atoms with E-state index in [1.165, 1.54) is 0 Å². The summed E-state index contributed by atoms with van der Waals surface area (Å²) in [6, 6.07) is 9.01. The van der Waals surface area contributed by atoms with Crippen molar-refractivity contribution in [1.29, 1.82) is 0 Å². The maximum Gasteiger partial charge on any atom is 0.271 e. The molecule has 4 heterocycles. The topological polar surface area (TPSA) is 139 Å². The molecule has 0 radical (unpaired) electrons. The number of rotatable bonds is 4. The summed E-state index contributed by atoms with van der Waals surface area (Å²) in [7, 11) is 0. The van der Waals surface area contributed by atoms with Crippen LogP contribution < -0.4 is 15.2 Å². The van der Waals surface area contributed by atoms with Crippen molar-refractivity contribution in [3.05, 3.63) is 47.4 Å². The number of aromatic amines is 2. The number of hydrogen-bond donors (Lipinski definition) is 3. The van der Waals surface area contributed by atoms with Crippen molar-refractivity contribution in [2.24, 2.45) is 5.73 Å². The van der Waals surface area contributed by atoms with Gasteiger partial charge in [0.25, 0.3) is 11.8 Å². The molecule has 1 saturated heterocycles. The van der Waals surface area contributed by atoms with Crippen LogP contribution in [0.4, 0.5) is 0 Å². The Balaban J connectivity index is 1.24. The molecule has 30 heavy (non-hydrogen) atoms. The average molecular weight is 408 g/mol. The highest BCUT2D eigenvalue weighted by molar-refractivity contribution is 5.93. The van der Waals surface area contributed by atoms with Crippen LogP contribution in [0.15, 0.2) is 30.3 Å². The molecule has 0 bridgehead atoms. The van der Waals surface area contributed by atoms with E-state index in [2.05, 4.69) is 20.4 Å². The summed E-state index contributed by atoms with van der Waals surface area (Å²) in [4.78, 5) is 25.9. The number of nitrogens with zero attached hydrogens (tertiary/aromatic N) is 3. The zero-order chi connectivity index (χ0) is 20.7. The third-order valence-corrected chi connectivity index (χ3v) is 5.55. The lowest BCUT2D eigenvalue weighted by Gasteiger charge is -2.31. The minimum Gasteiger partial charge on any atom is -0.454 e. The maximum absolute atomic E-state index is 12.9. The van der Waals surface area contributed by atoms with Gasteiger partial charge in [0.2, 0.25) is 6.79 Å². The fraction of sp³-hybridized carbons (Fsp3) is 0.300. The lowest BCUT2D eigenvalue weighted by molar-refractivity contribution is 0.0706. The number of primary amides is 1. The Hall–Kier alpha value is -3.82. The number of H-pyrrole nitrogens is 2. The van der Waals surface area contributed by atoms with Gasteiger partial charge in [-0.1, -0.05) is 0 Å². The largest absolute Gasteiger partial charge is 0.454 e. The average Bonchev–Trinajstić information content (AvgIpc) is 3.53. The summed E-state index contributed by atoms with van der Waals surface area (Å²) in [6.07, 6.45) is 1.55. The monoisotopic (exact) mass is 408 g/mol. The van der Waals surface area contributed by atoms with Crippen LogP contribution in [0.5, 0.6) is 11.5 Å². The highest BCUT2D eigenvalue weighted by Crippen LogP contribution is 2.35. The van der Waals surface area contributed by atoms with Crippen molar-refractivity contribution < 1.29 is 19.1 Å². The quantitative estimate of drug-likeness (QED) is 0.600. The number of amides is 2. The molecule has 0 aliphatic carbocycles. The van der Waals surface area contributed by atoms with Gasteiger partial charge in [-0.15, -0.1) is 0 Å². The molecule has 2 aliphatic rings. The van der Waals surface area contributed by atoms with Gasteiger partial charge in [0.1, 0.15) is 11.4 Å². The molecule has 1 aromatic carbocycles. The molecule has 0 spiro atoms. The molecule has 5 rings (SSSR count). The number of carbonyl (C=O) groups excluding carboxylic acids is 2. The molecular weight excluding hydrogens is 388 g/mol. The second-order valence-electron chi connectivity index (χ2n) is 7.37. The predicted octanol–water partition coefficient (Wildman–Crippen LogP) is 1.65. The van der Waals surface area contributed by atoms with Gasteiger partial charge in [0.05, 0.1) is 5.69 Å². The second-order valence-corrected chi connectivity index (χ2v) is 7.37. The number of nitrogens with one attached hydrogen (secondary N) is 2. The number of ether oxygens (including phenoxy) is 2. The molecule has 4 N–H and O–H groups in total. The van der Waals surface area contributed by atoms with Gasteiger partial charge in [0, 0.05) is 30.3 Å². The third kappa shape index (κ3) is 3.25. The van der Waals surface area contributed by atoms with Crippen LogP contribution in [-0.4, -0.2) is 57.0 Å². The molecule has 0 unspecified atom stereocenters. The summed E-state index contributed by atoms with van der Waals surface area (Å²) in [6.45, 7) is 1.42. The third-order valence-electron chi connectivity index (χ3n) is 5.55. The van der Waals surface area contributed by atoms with Crippen molar-refractivity contribution in [3.8, 4) is 22.8 Å². The minimum absolute atomic E-state index is 0.0876. The van der Waals surface area contributed by atoms with Crippen LogP contribution in [0.3, 0.4) is 0 Å². The standard InChI is InChI=1S/C20H20N6O4/c21-19(27)15-8-13(22-24-15)11-3-5-26(6-4-11)20(28)16-9-14(23-25-16)12-1-2-17-18(7-12)30-10-29-17/h1-2,7-9,11H,3-6,10H2,(H2,21,27)(H,22,24)(H,23,25). The van der Waals surface area contributed by atoms with Gasteiger partial charge < -0.3 is 20.1 Å². The molecule has 10 nitrogen and oxygen atoms in total. The van der Waals surface area contributed by atoms with E-state index in [1.54, 1.807) is 17.0 Å². The van der Waals surface area contributed by atoms with Crippen molar-refractivity contribution in [2.75, 3.05) is 19.9 Å². The molecule has 1 fully saturated rings. The number of fused-ring (bicyclic) bond motifs is 1. The van der Waals surface area contributed by atoms with Crippen LogP contribution >= 0.6 is 0 Å². The number of benzene rings is 1. The maximum atomic E-state index is 12.9. The van der Waals surface area contributed by atoms with Crippen LogP contribution in [-0.2, 0) is 0 Å². The molecule has 3 aromatic rings. The van der Waals surface area contributed by atoms with E-state index in [9.17, 15) is 9.59 Å². The first kappa shape index (κ1) is 18.2. The van der Waals surface area contributed by atoms with E-state index in [-0.39, 0.29) is 24.3 Å². The first-order chi connectivity index (χ1) is 14.6. The SMILES string of the molecule is NC(=O)c1cc(C2CCN(C(=O)c3cc(-c4ccc5c(c4)OCO5)n[nH]3)CC2)[nH]n1. The fourth-order valence-corrected chi connectivity index (χ4v) is 3.87. The number of nitrogens with two attached hydrogens (primary N) is 1. The first-order valence-electron chi connectivity index (χ1n) is 9.68. The summed E-state index contributed by atoms with van der Waals surface area (Å²) in [5, 5.41) is 13.9. The van der Waals surface area contributed by atoms with E-state index in [4.69, 9.17) is 15.2 Å². The van der Waals surface area contributed by atoms with Gasteiger partial charge in [-0.3, -0.25) is 19.8 Å². The van der Waals surface area contributed by atoms with E-state index in [1.807, 2.05) is 18.2 Å². The highest BCUT2D eigenvalue weighted by Gasteiger charge is 2.27. The Morgan fingerprint density at radius 3 is 2.60 bits per heavy atom. The summed E-state index contributed by atoms with van der Waals surface area (Å²) in [5.41, 5.74) is 8.33. The molecule has 2 amide bonds. The van der Waals surface area contributed by atoms with Crippen molar-refractivity contribution in [1.82, 2.24) is 25.3 Å². The Morgan fingerprint density at radius 1 is 1.03 bits per heavy atom. The van der Waals surface area contributed by atoms with E-state index < -0.39 is 5.91 Å². The lowest BCUT2D eigenvalue weighted by Crippen LogP contribution is -2.38. The first-order valence-corrected chi connectivity index (χ1v) is 9.68. The summed E-state index contributed by atoms with van der Waals surface area (Å²) < 4.78 is 10.7. The van der Waals surface area contributed by atoms with Crippen LogP contribution in [0.2, 0.25) is 0 Å². The van der Waals surface area contributed by atoms with E-state index in [0.29, 0.717) is 36.0 Å². The van der Waals surface area contributed by atoms with Gasteiger partial charge in [-0.25, -0.2) is 0 Å². The Bertz CT molecular complexity index is 1110. The number of hydrogen-bond acceptors (Lipinski definition) is 6. The molecule has 154 valence electrons. The number of aromatic nitrogens is 4. The van der Waals surface area contributed by atoms with Gasteiger partial charge in [-0.2, -0.15) is 10.2 Å². The molecule has 0 saturated carbocycles. The predicted molar refractivity (Wildman–Crippen MR) is 105 cm³/mol. The number of piperidine rings is 1. The molecule has 0 atom stereocenters. The van der Waals surface area contributed by atoms with Gasteiger partial charge >= 0.3 is 0 Å².